The number of methoxy groups -OCH3 is 1. The molecule has 0 radical (unpaired) electrons. The predicted molar refractivity (Wildman–Crippen MR) is 79.0 cm³/mol. The van der Waals surface area contributed by atoms with Crippen molar-refractivity contribution in [3.8, 4) is 5.75 Å². The highest BCUT2D eigenvalue weighted by molar-refractivity contribution is 5.95. The third-order valence-electron chi connectivity index (χ3n) is 3.07. The van der Waals surface area contributed by atoms with E-state index < -0.39 is 18.1 Å². The van der Waals surface area contributed by atoms with Crippen molar-refractivity contribution >= 4 is 11.6 Å². The Labute approximate surface area is 122 Å². The van der Waals surface area contributed by atoms with Crippen LogP contribution in [0.15, 0.2) is 54.6 Å². The minimum Gasteiger partial charge on any atom is -0.495 e. The molecular formula is C16H17NO4. The lowest BCUT2D eigenvalue weighted by atomic mass is 10.0. The second-order valence-electron chi connectivity index (χ2n) is 4.49. The number of rotatable bonds is 5. The molecule has 0 aliphatic rings. The van der Waals surface area contributed by atoms with E-state index in [0.717, 1.165) is 0 Å². The van der Waals surface area contributed by atoms with Crippen LogP contribution < -0.4 is 10.1 Å². The summed E-state index contributed by atoms with van der Waals surface area (Å²) in [5.74, 6) is -0.219. The van der Waals surface area contributed by atoms with Crippen molar-refractivity contribution in [1.82, 2.24) is 0 Å². The van der Waals surface area contributed by atoms with Crippen molar-refractivity contribution in [3.05, 3.63) is 60.2 Å². The van der Waals surface area contributed by atoms with Gasteiger partial charge >= 0.3 is 0 Å². The van der Waals surface area contributed by atoms with Crippen LogP contribution in [0.3, 0.4) is 0 Å². The van der Waals surface area contributed by atoms with Crippen LogP contribution in [0, 0.1) is 0 Å². The zero-order valence-electron chi connectivity index (χ0n) is 11.6. The Morgan fingerprint density at radius 2 is 1.67 bits per heavy atom. The number of nitrogens with one attached hydrogen (secondary N) is 1. The van der Waals surface area contributed by atoms with Gasteiger partial charge in [-0.2, -0.15) is 0 Å². The Kier molecular flexibility index (Phi) is 4.92. The number of para-hydroxylation sites is 2. The average Bonchev–Trinajstić information content (AvgIpc) is 2.54. The second kappa shape index (κ2) is 6.88. The molecule has 0 bridgehead atoms. The van der Waals surface area contributed by atoms with E-state index in [1.54, 1.807) is 54.6 Å². The predicted octanol–water partition coefficient (Wildman–Crippen LogP) is 1.73. The van der Waals surface area contributed by atoms with Gasteiger partial charge in [-0.25, -0.2) is 0 Å². The largest absolute Gasteiger partial charge is 0.495 e. The Morgan fingerprint density at radius 1 is 1.05 bits per heavy atom. The van der Waals surface area contributed by atoms with Crippen molar-refractivity contribution < 1.29 is 19.7 Å². The highest BCUT2D eigenvalue weighted by atomic mass is 16.5. The first kappa shape index (κ1) is 15.0. The summed E-state index contributed by atoms with van der Waals surface area (Å²) in [7, 11) is 1.49. The number of anilines is 1. The number of carbonyl (C=O) groups excluding carboxylic acids is 1. The van der Waals surface area contributed by atoms with E-state index in [-0.39, 0.29) is 0 Å². The van der Waals surface area contributed by atoms with E-state index in [2.05, 4.69) is 5.32 Å². The summed E-state index contributed by atoms with van der Waals surface area (Å²) in [6.45, 7) is 0. The number of amides is 1. The van der Waals surface area contributed by atoms with Gasteiger partial charge in [0.2, 0.25) is 0 Å². The molecule has 0 fully saturated rings. The van der Waals surface area contributed by atoms with Crippen LogP contribution in [-0.2, 0) is 4.79 Å². The first-order valence-electron chi connectivity index (χ1n) is 6.48. The first-order chi connectivity index (χ1) is 10.1. The quantitative estimate of drug-likeness (QED) is 0.782. The second-order valence-corrected chi connectivity index (χ2v) is 4.49. The lowest BCUT2D eigenvalue weighted by Gasteiger charge is -2.18. The van der Waals surface area contributed by atoms with Gasteiger partial charge in [-0.05, 0) is 17.7 Å². The van der Waals surface area contributed by atoms with Crippen molar-refractivity contribution in [1.29, 1.82) is 0 Å². The fourth-order valence-electron chi connectivity index (χ4n) is 1.93. The fraction of sp³-hybridized carbons (Fsp3) is 0.188. The number of carbonyl (C=O) groups is 1. The minimum absolute atomic E-state index is 0.435. The molecule has 2 aromatic carbocycles. The number of ether oxygens (including phenoxy) is 1. The van der Waals surface area contributed by atoms with E-state index in [1.165, 1.54) is 7.11 Å². The van der Waals surface area contributed by atoms with Crippen LogP contribution in [0.4, 0.5) is 5.69 Å². The van der Waals surface area contributed by atoms with Crippen molar-refractivity contribution in [2.75, 3.05) is 12.4 Å². The average molecular weight is 287 g/mol. The molecule has 110 valence electrons. The summed E-state index contributed by atoms with van der Waals surface area (Å²) in [5.41, 5.74) is 0.907. The summed E-state index contributed by atoms with van der Waals surface area (Å²) < 4.78 is 5.11. The number of hydrogen-bond acceptors (Lipinski definition) is 4. The summed E-state index contributed by atoms with van der Waals surface area (Å²) in [5, 5.41) is 22.5. The molecule has 0 aromatic heterocycles. The van der Waals surface area contributed by atoms with Gasteiger partial charge in [0.15, 0.2) is 6.10 Å². The van der Waals surface area contributed by atoms with Gasteiger partial charge in [-0.15, -0.1) is 0 Å². The fourth-order valence-corrected chi connectivity index (χ4v) is 1.93. The molecule has 2 unspecified atom stereocenters. The molecular weight excluding hydrogens is 270 g/mol. The molecule has 2 rings (SSSR count). The lowest BCUT2D eigenvalue weighted by molar-refractivity contribution is -0.129. The van der Waals surface area contributed by atoms with Crippen LogP contribution in [0.1, 0.15) is 11.7 Å². The van der Waals surface area contributed by atoms with Crippen LogP contribution in [0.2, 0.25) is 0 Å². The van der Waals surface area contributed by atoms with E-state index in [1.807, 2.05) is 0 Å². The third-order valence-corrected chi connectivity index (χ3v) is 3.07. The normalized spacial score (nSPS) is 13.3. The van der Waals surface area contributed by atoms with Gasteiger partial charge in [-0.1, -0.05) is 42.5 Å². The molecule has 3 N–H and O–H groups in total. The maximum Gasteiger partial charge on any atom is 0.256 e. The van der Waals surface area contributed by atoms with E-state index in [9.17, 15) is 15.0 Å². The lowest BCUT2D eigenvalue weighted by Crippen LogP contribution is -2.33. The Hall–Kier alpha value is -2.37. The number of aliphatic hydroxyl groups excluding tert-OH is 2. The zero-order chi connectivity index (χ0) is 15.2. The molecule has 0 heterocycles. The van der Waals surface area contributed by atoms with Crippen LogP contribution in [-0.4, -0.2) is 29.3 Å². The van der Waals surface area contributed by atoms with E-state index >= 15 is 0 Å². The molecule has 0 saturated heterocycles. The Bertz CT molecular complexity index is 600. The Balaban J connectivity index is 2.09. The smallest absolute Gasteiger partial charge is 0.256 e. The maximum absolute atomic E-state index is 12.0. The summed E-state index contributed by atoms with van der Waals surface area (Å²) in [4.78, 5) is 12.0. The molecule has 2 aromatic rings. The van der Waals surface area contributed by atoms with Crippen LogP contribution in [0.5, 0.6) is 5.75 Å². The molecule has 1 amide bonds. The third kappa shape index (κ3) is 3.59. The highest BCUT2D eigenvalue weighted by Crippen LogP contribution is 2.24. The molecule has 0 saturated carbocycles. The SMILES string of the molecule is COc1ccccc1NC(=O)C(O)C(O)c1ccccc1. The molecule has 5 nitrogen and oxygen atoms in total. The van der Waals surface area contributed by atoms with Gasteiger partial charge < -0.3 is 20.3 Å². The van der Waals surface area contributed by atoms with Gasteiger partial charge in [0.25, 0.3) is 5.91 Å². The topological polar surface area (TPSA) is 78.8 Å². The molecule has 0 aliphatic heterocycles. The Morgan fingerprint density at radius 3 is 2.33 bits per heavy atom. The van der Waals surface area contributed by atoms with Crippen molar-refractivity contribution in [3.63, 3.8) is 0 Å². The number of aliphatic hydroxyl groups is 2. The van der Waals surface area contributed by atoms with Crippen LogP contribution >= 0.6 is 0 Å². The molecule has 21 heavy (non-hydrogen) atoms. The highest BCUT2D eigenvalue weighted by Gasteiger charge is 2.26. The number of hydrogen-bond donors (Lipinski definition) is 3. The van der Waals surface area contributed by atoms with Crippen molar-refractivity contribution in [2.45, 2.75) is 12.2 Å². The van der Waals surface area contributed by atoms with Gasteiger partial charge in [-0.3, -0.25) is 4.79 Å². The van der Waals surface area contributed by atoms with Crippen molar-refractivity contribution in [2.24, 2.45) is 0 Å². The van der Waals surface area contributed by atoms with E-state index in [0.29, 0.717) is 17.0 Å². The zero-order valence-corrected chi connectivity index (χ0v) is 11.6. The van der Waals surface area contributed by atoms with Gasteiger partial charge in [0.1, 0.15) is 11.9 Å². The van der Waals surface area contributed by atoms with Gasteiger partial charge in [0, 0.05) is 0 Å². The first-order valence-corrected chi connectivity index (χ1v) is 6.48. The molecule has 0 aliphatic carbocycles. The summed E-state index contributed by atoms with van der Waals surface area (Å²) in [6.07, 6.45) is -2.86. The van der Waals surface area contributed by atoms with Gasteiger partial charge in [0.05, 0.1) is 12.8 Å². The molecule has 0 spiro atoms. The maximum atomic E-state index is 12.0. The van der Waals surface area contributed by atoms with E-state index in [4.69, 9.17) is 4.74 Å². The minimum atomic E-state index is -1.57. The summed E-state index contributed by atoms with van der Waals surface area (Å²) in [6, 6.07) is 15.4. The molecule has 2 atom stereocenters. The monoisotopic (exact) mass is 287 g/mol. The summed E-state index contributed by atoms with van der Waals surface area (Å²) >= 11 is 0. The number of benzene rings is 2. The molecule has 5 heteroatoms. The standard InChI is InChI=1S/C16H17NO4/c1-21-13-10-6-5-9-12(13)17-16(20)15(19)14(18)11-7-3-2-4-8-11/h2-10,14-15,18-19H,1H3,(H,17,20). The van der Waals surface area contributed by atoms with Crippen LogP contribution in [0.25, 0.3) is 0 Å².